The summed E-state index contributed by atoms with van der Waals surface area (Å²) in [7, 11) is -3.80. The minimum absolute atomic E-state index is 0. The van der Waals surface area contributed by atoms with E-state index in [0.717, 1.165) is 43.4 Å². The zero-order chi connectivity index (χ0) is 18.0. The Morgan fingerprint density at radius 3 is 2.04 bits per heavy atom. The predicted molar refractivity (Wildman–Crippen MR) is 108 cm³/mol. The summed E-state index contributed by atoms with van der Waals surface area (Å²) in [5.41, 5.74) is 2.44. The summed E-state index contributed by atoms with van der Waals surface area (Å²) in [4.78, 5) is 0. The molecular formula is C20H27NaO4S. The Kier molecular flexibility index (Phi) is 11.2. The SMILES string of the molecule is O=S(=O)(O)CCCCCCCc1ccc(OCc2ccccc2)cc1.[NaH]. The Balaban J connectivity index is 0.00000338. The van der Waals surface area contributed by atoms with E-state index < -0.39 is 10.1 Å². The van der Waals surface area contributed by atoms with E-state index in [-0.39, 0.29) is 35.3 Å². The molecule has 0 aliphatic rings. The van der Waals surface area contributed by atoms with Gasteiger partial charge in [-0.1, -0.05) is 61.7 Å². The van der Waals surface area contributed by atoms with Crippen molar-refractivity contribution in [2.24, 2.45) is 0 Å². The van der Waals surface area contributed by atoms with Gasteiger partial charge in [-0.2, -0.15) is 8.42 Å². The van der Waals surface area contributed by atoms with Crippen LogP contribution in [0.25, 0.3) is 0 Å². The molecule has 0 aliphatic carbocycles. The molecule has 0 atom stereocenters. The van der Waals surface area contributed by atoms with Crippen LogP contribution in [0, 0.1) is 0 Å². The molecule has 0 radical (unpaired) electrons. The Hall–Kier alpha value is -0.850. The van der Waals surface area contributed by atoms with Crippen molar-refractivity contribution in [1.82, 2.24) is 0 Å². The van der Waals surface area contributed by atoms with Gasteiger partial charge in [0, 0.05) is 0 Å². The Bertz CT molecular complexity index is 715. The Morgan fingerprint density at radius 1 is 0.769 bits per heavy atom. The second kappa shape index (κ2) is 12.5. The third kappa shape index (κ3) is 10.3. The summed E-state index contributed by atoms with van der Waals surface area (Å²) in [5.74, 6) is 0.745. The van der Waals surface area contributed by atoms with Crippen molar-refractivity contribution in [2.45, 2.75) is 45.1 Å². The first-order valence-electron chi connectivity index (χ1n) is 8.74. The molecule has 0 unspecified atom stereocenters. The number of benzene rings is 2. The average molecular weight is 386 g/mol. The van der Waals surface area contributed by atoms with Crippen molar-refractivity contribution in [3.8, 4) is 5.75 Å². The molecule has 1 N–H and O–H groups in total. The van der Waals surface area contributed by atoms with E-state index in [0.29, 0.717) is 13.0 Å². The molecule has 0 bridgehead atoms. The molecule has 138 valence electrons. The van der Waals surface area contributed by atoms with E-state index in [9.17, 15) is 8.42 Å². The second-order valence-corrected chi connectivity index (χ2v) is 7.79. The quantitative estimate of drug-likeness (QED) is 0.360. The van der Waals surface area contributed by atoms with Crippen LogP contribution in [-0.2, 0) is 23.1 Å². The summed E-state index contributed by atoms with van der Waals surface area (Å²) in [6.07, 6.45) is 5.53. The van der Waals surface area contributed by atoms with Crippen molar-refractivity contribution < 1.29 is 17.7 Å². The first kappa shape index (κ1) is 23.2. The molecule has 0 heterocycles. The summed E-state index contributed by atoms with van der Waals surface area (Å²) in [6.45, 7) is 0.573. The van der Waals surface area contributed by atoms with Gasteiger partial charge in [0.1, 0.15) is 12.4 Å². The molecule has 26 heavy (non-hydrogen) atoms. The number of hydrogen-bond acceptors (Lipinski definition) is 3. The van der Waals surface area contributed by atoms with Crippen LogP contribution < -0.4 is 4.74 Å². The molecule has 0 spiro atoms. The number of rotatable bonds is 11. The van der Waals surface area contributed by atoms with E-state index in [2.05, 4.69) is 12.1 Å². The van der Waals surface area contributed by atoms with Gasteiger partial charge in [0.25, 0.3) is 10.1 Å². The molecule has 0 aliphatic heterocycles. The standard InChI is InChI=1S/C20H26O4S.Na.H/c21-25(22,23)16-8-3-1-2-5-9-18-12-14-20(15-13-18)24-17-19-10-6-4-7-11-19;;/h4,6-7,10-15H,1-3,5,8-9,16-17H2,(H,21,22,23);;. The monoisotopic (exact) mass is 386 g/mol. The van der Waals surface area contributed by atoms with Crippen molar-refractivity contribution in [2.75, 3.05) is 5.75 Å². The summed E-state index contributed by atoms with van der Waals surface area (Å²) in [6, 6.07) is 18.3. The molecule has 0 saturated heterocycles. The topological polar surface area (TPSA) is 63.6 Å². The minimum atomic E-state index is -3.80. The number of aryl methyl sites for hydroxylation is 1. The van der Waals surface area contributed by atoms with Gasteiger partial charge in [-0.15, -0.1) is 0 Å². The van der Waals surface area contributed by atoms with Crippen LogP contribution in [0.3, 0.4) is 0 Å². The molecule has 0 fully saturated rings. The molecule has 0 aromatic heterocycles. The van der Waals surface area contributed by atoms with Crippen molar-refractivity contribution in [1.29, 1.82) is 0 Å². The van der Waals surface area contributed by atoms with Crippen LogP contribution in [0.1, 0.15) is 43.2 Å². The van der Waals surface area contributed by atoms with E-state index in [1.165, 1.54) is 5.56 Å². The zero-order valence-corrected chi connectivity index (χ0v) is 15.2. The molecule has 6 heteroatoms. The number of ether oxygens (including phenoxy) is 1. The van der Waals surface area contributed by atoms with Gasteiger partial charge in [0.2, 0.25) is 0 Å². The molecule has 2 aromatic rings. The van der Waals surface area contributed by atoms with E-state index >= 15 is 0 Å². The first-order chi connectivity index (χ1) is 12.0. The van der Waals surface area contributed by atoms with Crippen LogP contribution >= 0.6 is 0 Å². The van der Waals surface area contributed by atoms with E-state index in [1.54, 1.807) is 0 Å². The normalized spacial score (nSPS) is 11.0. The van der Waals surface area contributed by atoms with Gasteiger partial charge in [0.05, 0.1) is 5.75 Å². The van der Waals surface area contributed by atoms with Crippen LogP contribution in [-0.4, -0.2) is 48.3 Å². The summed E-state index contributed by atoms with van der Waals surface area (Å²) in [5, 5.41) is 0. The molecule has 0 saturated carbocycles. The van der Waals surface area contributed by atoms with Gasteiger partial charge >= 0.3 is 29.6 Å². The van der Waals surface area contributed by atoms with Gasteiger partial charge in [-0.05, 0) is 42.5 Å². The second-order valence-electron chi connectivity index (χ2n) is 6.22. The van der Waals surface area contributed by atoms with Crippen LogP contribution in [0.5, 0.6) is 5.75 Å². The fraction of sp³-hybridized carbons (Fsp3) is 0.400. The zero-order valence-electron chi connectivity index (χ0n) is 14.4. The Labute approximate surface area is 179 Å². The van der Waals surface area contributed by atoms with Gasteiger partial charge in [0.15, 0.2) is 0 Å². The van der Waals surface area contributed by atoms with E-state index in [1.807, 2.05) is 42.5 Å². The van der Waals surface area contributed by atoms with Crippen molar-refractivity contribution >= 4 is 39.7 Å². The van der Waals surface area contributed by atoms with Gasteiger partial charge < -0.3 is 4.74 Å². The number of unbranched alkanes of at least 4 members (excludes halogenated alkanes) is 4. The summed E-state index contributed by atoms with van der Waals surface area (Å²) >= 11 is 0. The first-order valence-corrected chi connectivity index (χ1v) is 10.3. The third-order valence-electron chi connectivity index (χ3n) is 4.04. The van der Waals surface area contributed by atoms with Crippen LogP contribution in [0.4, 0.5) is 0 Å². The maximum atomic E-state index is 10.6. The predicted octanol–water partition coefficient (Wildman–Crippen LogP) is 4.00. The van der Waals surface area contributed by atoms with E-state index in [4.69, 9.17) is 9.29 Å². The Morgan fingerprint density at radius 2 is 1.38 bits per heavy atom. The van der Waals surface area contributed by atoms with Gasteiger partial charge in [-0.25, -0.2) is 0 Å². The van der Waals surface area contributed by atoms with Crippen molar-refractivity contribution in [3.05, 3.63) is 65.7 Å². The van der Waals surface area contributed by atoms with Crippen LogP contribution in [0.15, 0.2) is 54.6 Å². The van der Waals surface area contributed by atoms with Crippen molar-refractivity contribution in [3.63, 3.8) is 0 Å². The maximum absolute atomic E-state index is 10.6. The number of hydrogen-bond donors (Lipinski definition) is 1. The molecular weight excluding hydrogens is 359 g/mol. The molecule has 2 rings (SSSR count). The molecule has 0 amide bonds. The fourth-order valence-corrected chi connectivity index (χ4v) is 3.21. The average Bonchev–Trinajstić information content (AvgIpc) is 2.60. The molecule has 4 nitrogen and oxygen atoms in total. The third-order valence-corrected chi connectivity index (χ3v) is 4.84. The summed E-state index contributed by atoms with van der Waals surface area (Å²) < 4.78 is 35.6. The fourth-order valence-electron chi connectivity index (χ4n) is 2.64. The van der Waals surface area contributed by atoms with Gasteiger partial charge in [-0.3, -0.25) is 4.55 Å². The van der Waals surface area contributed by atoms with Crippen LogP contribution in [0.2, 0.25) is 0 Å². The molecule has 2 aromatic carbocycles.